The van der Waals surface area contributed by atoms with Crippen LogP contribution in [0.3, 0.4) is 0 Å². The van der Waals surface area contributed by atoms with Gasteiger partial charge in [-0.25, -0.2) is 8.42 Å². The van der Waals surface area contributed by atoms with Crippen molar-refractivity contribution in [3.05, 3.63) is 29.8 Å². The number of carbonyl (C=O) groups is 1. The highest BCUT2D eigenvalue weighted by atomic mass is 32.2. The van der Waals surface area contributed by atoms with Crippen LogP contribution in [-0.2, 0) is 14.8 Å². The van der Waals surface area contributed by atoms with Crippen molar-refractivity contribution in [3.63, 3.8) is 0 Å². The van der Waals surface area contributed by atoms with Crippen molar-refractivity contribution < 1.29 is 13.2 Å². The van der Waals surface area contributed by atoms with E-state index in [9.17, 15) is 13.2 Å². The number of nitrogens with two attached hydrogens (primary N) is 1. The monoisotopic (exact) mass is 268 g/mol. The molecule has 2 rings (SSSR count). The van der Waals surface area contributed by atoms with Crippen molar-refractivity contribution >= 4 is 15.9 Å². The molecule has 1 atom stereocenters. The summed E-state index contributed by atoms with van der Waals surface area (Å²) in [6, 6.07) is 6.04. The van der Waals surface area contributed by atoms with Crippen LogP contribution in [0.15, 0.2) is 29.2 Å². The second kappa shape index (κ2) is 4.70. The van der Waals surface area contributed by atoms with Crippen molar-refractivity contribution in [2.45, 2.75) is 30.7 Å². The third-order valence-electron chi connectivity index (χ3n) is 3.21. The van der Waals surface area contributed by atoms with Crippen LogP contribution in [0.5, 0.6) is 0 Å². The largest absolute Gasteiger partial charge is 0.368 e. The number of aryl methyl sites for hydroxylation is 1. The molecule has 5 nitrogen and oxygen atoms in total. The molecule has 18 heavy (non-hydrogen) atoms. The van der Waals surface area contributed by atoms with Crippen LogP contribution in [0.2, 0.25) is 0 Å². The summed E-state index contributed by atoms with van der Waals surface area (Å²) >= 11 is 0. The van der Waals surface area contributed by atoms with Gasteiger partial charge in [0, 0.05) is 6.54 Å². The summed E-state index contributed by atoms with van der Waals surface area (Å²) in [6.45, 7) is 2.09. The Morgan fingerprint density at radius 3 is 2.67 bits per heavy atom. The smallest absolute Gasteiger partial charge is 0.244 e. The maximum atomic E-state index is 12.5. The van der Waals surface area contributed by atoms with E-state index < -0.39 is 22.0 Å². The van der Waals surface area contributed by atoms with Crippen LogP contribution in [-0.4, -0.2) is 31.2 Å². The molecule has 98 valence electrons. The van der Waals surface area contributed by atoms with Crippen LogP contribution >= 0.6 is 0 Å². The molecule has 0 aliphatic carbocycles. The summed E-state index contributed by atoms with van der Waals surface area (Å²) in [5, 5.41) is 0. The predicted molar refractivity (Wildman–Crippen MR) is 67.3 cm³/mol. The van der Waals surface area contributed by atoms with E-state index in [0.29, 0.717) is 24.9 Å². The SMILES string of the molecule is Cc1ccccc1S(=O)(=O)N1CCCC1C(N)=O. The molecule has 1 aliphatic heterocycles. The maximum absolute atomic E-state index is 12.5. The van der Waals surface area contributed by atoms with Crippen molar-refractivity contribution in [2.24, 2.45) is 5.73 Å². The van der Waals surface area contributed by atoms with Crippen molar-refractivity contribution in [2.75, 3.05) is 6.54 Å². The number of sulfonamides is 1. The molecule has 1 saturated heterocycles. The predicted octanol–water partition coefficient (Wildman–Crippen LogP) is 0.633. The summed E-state index contributed by atoms with van der Waals surface area (Å²) in [5.41, 5.74) is 5.93. The molecule has 0 spiro atoms. The first kappa shape index (κ1) is 13.0. The maximum Gasteiger partial charge on any atom is 0.244 e. The van der Waals surface area contributed by atoms with Gasteiger partial charge in [-0.15, -0.1) is 0 Å². The lowest BCUT2D eigenvalue weighted by atomic mass is 10.2. The van der Waals surface area contributed by atoms with E-state index in [1.165, 1.54) is 4.31 Å². The Bertz CT molecular complexity index is 568. The first-order chi connectivity index (χ1) is 8.44. The molecular formula is C12H16N2O3S. The average molecular weight is 268 g/mol. The Balaban J connectivity index is 2.43. The Hall–Kier alpha value is -1.40. The Morgan fingerprint density at radius 1 is 1.39 bits per heavy atom. The zero-order valence-electron chi connectivity index (χ0n) is 10.2. The molecule has 0 aromatic heterocycles. The van der Waals surface area contributed by atoms with E-state index in [0.717, 1.165) is 0 Å². The van der Waals surface area contributed by atoms with Crippen LogP contribution in [0.1, 0.15) is 18.4 Å². The second-order valence-corrected chi connectivity index (χ2v) is 6.30. The van der Waals surface area contributed by atoms with Gasteiger partial charge in [-0.2, -0.15) is 4.31 Å². The fraction of sp³-hybridized carbons (Fsp3) is 0.417. The van der Waals surface area contributed by atoms with Gasteiger partial charge < -0.3 is 5.73 Å². The van der Waals surface area contributed by atoms with E-state index in [4.69, 9.17) is 5.73 Å². The summed E-state index contributed by atoms with van der Waals surface area (Å²) in [7, 11) is -3.63. The minimum absolute atomic E-state index is 0.248. The Kier molecular flexibility index (Phi) is 3.41. The van der Waals surface area contributed by atoms with Gasteiger partial charge in [0.1, 0.15) is 6.04 Å². The van der Waals surface area contributed by atoms with E-state index in [1.54, 1.807) is 31.2 Å². The number of nitrogens with zero attached hydrogens (tertiary/aromatic N) is 1. The number of hydrogen-bond acceptors (Lipinski definition) is 3. The zero-order chi connectivity index (χ0) is 13.3. The lowest BCUT2D eigenvalue weighted by Gasteiger charge is -2.22. The van der Waals surface area contributed by atoms with Gasteiger partial charge in [0.25, 0.3) is 0 Å². The minimum atomic E-state index is -3.63. The first-order valence-electron chi connectivity index (χ1n) is 5.81. The highest BCUT2D eigenvalue weighted by molar-refractivity contribution is 7.89. The molecule has 1 heterocycles. The zero-order valence-corrected chi connectivity index (χ0v) is 11.0. The standard InChI is InChI=1S/C12H16N2O3S/c1-9-5-2-3-7-11(9)18(16,17)14-8-4-6-10(14)12(13)15/h2-3,5,7,10H,4,6,8H2,1H3,(H2,13,15). The number of rotatable bonds is 3. The van der Waals surface area contributed by atoms with E-state index >= 15 is 0 Å². The normalized spacial score (nSPS) is 21.1. The van der Waals surface area contributed by atoms with Gasteiger partial charge in [0.2, 0.25) is 15.9 Å². The number of primary amides is 1. The molecule has 2 N–H and O–H groups in total. The minimum Gasteiger partial charge on any atom is -0.368 e. The van der Waals surface area contributed by atoms with E-state index in [2.05, 4.69) is 0 Å². The number of benzene rings is 1. The first-order valence-corrected chi connectivity index (χ1v) is 7.25. The topological polar surface area (TPSA) is 80.5 Å². The highest BCUT2D eigenvalue weighted by Crippen LogP contribution is 2.27. The molecule has 6 heteroatoms. The molecule has 1 aromatic rings. The summed E-state index contributed by atoms with van der Waals surface area (Å²) in [5.74, 6) is -0.579. The molecule has 0 bridgehead atoms. The van der Waals surface area contributed by atoms with Crippen molar-refractivity contribution in [1.82, 2.24) is 4.31 Å². The van der Waals surface area contributed by atoms with Crippen molar-refractivity contribution in [1.29, 1.82) is 0 Å². The fourth-order valence-electron chi connectivity index (χ4n) is 2.28. The van der Waals surface area contributed by atoms with Crippen LogP contribution in [0.4, 0.5) is 0 Å². The van der Waals surface area contributed by atoms with Gasteiger partial charge in [0.05, 0.1) is 4.90 Å². The summed E-state index contributed by atoms with van der Waals surface area (Å²) in [6.07, 6.45) is 1.17. The molecule has 1 aromatic carbocycles. The quantitative estimate of drug-likeness (QED) is 0.873. The van der Waals surface area contributed by atoms with Crippen LogP contribution in [0.25, 0.3) is 0 Å². The third kappa shape index (κ3) is 2.13. The molecule has 1 amide bonds. The number of carbonyl (C=O) groups excluding carboxylic acids is 1. The number of hydrogen-bond donors (Lipinski definition) is 1. The average Bonchev–Trinajstić information content (AvgIpc) is 2.78. The van der Waals surface area contributed by atoms with Gasteiger partial charge in [-0.05, 0) is 31.4 Å². The summed E-state index contributed by atoms with van der Waals surface area (Å²) in [4.78, 5) is 11.5. The van der Waals surface area contributed by atoms with Gasteiger partial charge in [0.15, 0.2) is 0 Å². The molecule has 1 aliphatic rings. The van der Waals surface area contributed by atoms with Crippen LogP contribution in [0, 0.1) is 6.92 Å². The van der Waals surface area contributed by atoms with Crippen molar-refractivity contribution in [3.8, 4) is 0 Å². The lowest BCUT2D eigenvalue weighted by Crippen LogP contribution is -2.43. The molecular weight excluding hydrogens is 252 g/mol. The molecule has 1 fully saturated rings. The van der Waals surface area contributed by atoms with Gasteiger partial charge >= 0.3 is 0 Å². The highest BCUT2D eigenvalue weighted by Gasteiger charge is 2.38. The molecule has 0 saturated carbocycles. The molecule has 0 radical (unpaired) electrons. The van der Waals surface area contributed by atoms with E-state index in [-0.39, 0.29) is 4.90 Å². The van der Waals surface area contributed by atoms with Gasteiger partial charge in [-0.3, -0.25) is 4.79 Å². The summed E-state index contributed by atoms with van der Waals surface area (Å²) < 4.78 is 26.2. The Morgan fingerprint density at radius 2 is 2.06 bits per heavy atom. The number of amides is 1. The van der Waals surface area contributed by atoms with Crippen LogP contribution < -0.4 is 5.73 Å². The second-order valence-electron chi connectivity index (χ2n) is 4.44. The Labute approximate surface area is 107 Å². The fourth-order valence-corrected chi connectivity index (χ4v) is 4.18. The molecule has 1 unspecified atom stereocenters. The third-order valence-corrected chi connectivity index (χ3v) is 5.28. The van der Waals surface area contributed by atoms with Gasteiger partial charge in [-0.1, -0.05) is 18.2 Å². The lowest BCUT2D eigenvalue weighted by molar-refractivity contribution is -0.121. The van der Waals surface area contributed by atoms with E-state index in [1.807, 2.05) is 0 Å².